The number of para-hydroxylation sites is 1. The van der Waals surface area contributed by atoms with Gasteiger partial charge in [0.25, 0.3) is 5.91 Å². The number of aromatic nitrogens is 2. The van der Waals surface area contributed by atoms with Gasteiger partial charge in [-0.25, -0.2) is 4.68 Å². The Morgan fingerprint density at radius 3 is 2.42 bits per heavy atom. The Labute approximate surface area is 184 Å². The molecule has 0 saturated carbocycles. The topological polar surface area (TPSA) is 65.4 Å². The van der Waals surface area contributed by atoms with Gasteiger partial charge >= 0.3 is 0 Å². The maximum atomic E-state index is 12.7. The van der Waals surface area contributed by atoms with Gasteiger partial charge in [0.05, 0.1) is 12.8 Å². The molecule has 31 heavy (non-hydrogen) atoms. The molecule has 1 heterocycles. The van der Waals surface area contributed by atoms with E-state index < -0.39 is 0 Å². The van der Waals surface area contributed by atoms with Crippen LogP contribution >= 0.6 is 11.8 Å². The second-order valence-electron chi connectivity index (χ2n) is 6.55. The highest BCUT2D eigenvalue weighted by atomic mass is 32.2. The maximum absolute atomic E-state index is 12.7. The Balaban J connectivity index is 1.39. The highest BCUT2D eigenvalue weighted by Crippen LogP contribution is 2.33. The van der Waals surface area contributed by atoms with Crippen molar-refractivity contribution in [1.82, 2.24) is 9.78 Å². The fraction of sp³-hybridized carbons (Fsp3) is 0.0833. The van der Waals surface area contributed by atoms with Crippen molar-refractivity contribution in [2.75, 3.05) is 12.4 Å². The predicted octanol–water partition coefficient (Wildman–Crippen LogP) is 5.33. The zero-order chi connectivity index (χ0) is 21.5. The average molecular weight is 432 g/mol. The van der Waals surface area contributed by atoms with Crippen molar-refractivity contribution in [3.05, 3.63) is 96.8 Å². The van der Waals surface area contributed by atoms with E-state index in [1.54, 1.807) is 35.8 Å². The Kier molecular flexibility index (Phi) is 6.54. The first-order chi connectivity index (χ1) is 15.2. The molecular formula is C24H21N3O3S. The van der Waals surface area contributed by atoms with Crippen molar-refractivity contribution >= 4 is 23.4 Å². The Hall–Kier alpha value is -3.71. The van der Waals surface area contributed by atoms with E-state index in [-0.39, 0.29) is 12.6 Å². The molecule has 4 aromatic rings. The molecule has 7 heteroatoms. The largest absolute Gasteiger partial charge is 0.497 e. The molecule has 1 amide bonds. The molecule has 0 fully saturated rings. The van der Waals surface area contributed by atoms with Crippen LogP contribution in [0.4, 0.5) is 5.69 Å². The minimum atomic E-state index is -0.274. The Morgan fingerprint density at radius 2 is 1.65 bits per heavy atom. The second kappa shape index (κ2) is 9.86. The van der Waals surface area contributed by atoms with Crippen molar-refractivity contribution in [3.8, 4) is 11.5 Å². The first-order valence-electron chi connectivity index (χ1n) is 9.65. The van der Waals surface area contributed by atoms with Crippen molar-refractivity contribution in [2.45, 2.75) is 16.5 Å². The van der Waals surface area contributed by atoms with Crippen LogP contribution in [-0.4, -0.2) is 22.8 Å². The zero-order valence-electron chi connectivity index (χ0n) is 16.9. The number of hydrogen-bond acceptors (Lipinski definition) is 5. The molecule has 0 unspecified atom stereocenters. The third-order valence-corrected chi connectivity index (χ3v) is 5.49. The average Bonchev–Trinajstić information content (AvgIpc) is 3.29. The molecule has 3 aromatic carbocycles. The lowest BCUT2D eigenvalue weighted by atomic mass is 10.3. The summed E-state index contributed by atoms with van der Waals surface area (Å²) in [4.78, 5) is 14.8. The summed E-state index contributed by atoms with van der Waals surface area (Å²) in [6, 6.07) is 26.7. The molecule has 1 aromatic heterocycles. The molecule has 156 valence electrons. The Bertz CT molecular complexity index is 1140. The lowest BCUT2D eigenvalue weighted by Crippen LogP contribution is -2.14. The summed E-state index contributed by atoms with van der Waals surface area (Å²) in [6.07, 6.45) is 1.71. The summed E-state index contributed by atoms with van der Waals surface area (Å²) in [5.41, 5.74) is 1.06. The van der Waals surface area contributed by atoms with Gasteiger partial charge in [-0.3, -0.25) is 4.79 Å². The summed E-state index contributed by atoms with van der Waals surface area (Å²) in [5, 5.41) is 7.27. The normalized spacial score (nSPS) is 10.5. The summed E-state index contributed by atoms with van der Waals surface area (Å²) >= 11 is 1.60. The third-order valence-electron chi connectivity index (χ3n) is 4.40. The fourth-order valence-corrected chi connectivity index (χ4v) is 3.75. The summed E-state index contributed by atoms with van der Waals surface area (Å²) < 4.78 is 12.4. The number of hydrogen-bond donors (Lipinski definition) is 1. The standard InChI is InChI=1S/C24H21N3O3S/c1-29-18-11-13-19(14-12-18)30-17-27-16-15-22(26-27)24(28)25-21-9-5-6-10-23(21)31-20-7-3-2-4-8-20/h2-16H,17H2,1H3,(H,25,28). The highest BCUT2D eigenvalue weighted by molar-refractivity contribution is 7.99. The van der Waals surface area contributed by atoms with Crippen LogP contribution in [0.1, 0.15) is 10.5 Å². The molecule has 0 aliphatic carbocycles. The molecule has 0 aliphatic heterocycles. The van der Waals surface area contributed by atoms with Crippen molar-refractivity contribution in [2.24, 2.45) is 0 Å². The maximum Gasteiger partial charge on any atom is 0.276 e. The van der Waals surface area contributed by atoms with E-state index in [2.05, 4.69) is 10.4 Å². The molecule has 0 bridgehead atoms. The van der Waals surface area contributed by atoms with Gasteiger partial charge in [-0.1, -0.05) is 42.1 Å². The van der Waals surface area contributed by atoms with Crippen LogP contribution in [0.2, 0.25) is 0 Å². The SMILES string of the molecule is COc1ccc(OCn2ccc(C(=O)Nc3ccccc3Sc3ccccc3)n2)cc1. The monoisotopic (exact) mass is 431 g/mol. The van der Waals surface area contributed by atoms with Crippen molar-refractivity contribution in [1.29, 1.82) is 0 Å². The van der Waals surface area contributed by atoms with Gasteiger partial charge in [-0.2, -0.15) is 5.10 Å². The molecule has 1 N–H and O–H groups in total. The number of rotatable bonds is 8. The number of nitrogens with one attached hydrogen (secondary N) is 1. The van der Waals surface area contributed by atoms with Crippen LogP contribution in [-0.2, 0) is 6.73 Å². The number of anilines is 1. The molecule has 0 saturated heterocycles. The van der Waals surface area contributed by atoms with E-state index in [9.17, 15) is 4.79 Å². The lowest BCUT2D eigenvalue weighted by molar-refractivity contribution is 0.102. The van der Waals surface area contributed by atoms with E-state index in [1.165, 1.54) is 0 Å². The molecule has 0 radical (unpaired) electrons. The fourth-order valence-electron chi connectivity index (χ4n) is 2.83. The number of amides is 1. The molecule has 6 nitrogen and oxygen atoms in total. The number of nitrogens with zero attached hydrogens (tertiary/aromatic N) is 2. The minimum absolute atomic E-state index is 0.194. The van der Waals surface area contributed by atoms with Crippen LogP contribution < -0.4 is 14.8 Å². The van der Waals surface area contributed by atoms with E-state index in [0.29, 0.717) is 11.4 Å². The summed E-state index contributed by atoms with van der Waals surface area (Å²) in [7, 11) is 1.62. The van der Waals surface area contributed by atoms with Crippen LogP contribution in [0, 0.1) is 0 Å². The van der Waals surface area contributed by atoms with Gasteiger partial charge in [-0.15, -0.1) is 0 Å². The van der Waals surface area contributed by atoms with Gasteiger partial charge in [0.1, 0.15) is 11.5 Å². The molecule has 0 spiro atoms. The van der Waals surface area contributed by atoms with Gasteiger partial charge < -0.3 is 14.8 Å². The van der Waals surface area contributed by atoms with Crippen LogP contribution in [0.25, 0.3) is 0 Å². The smallest absolute Gasteiger partial charge is 0.276 e. The predicted molar refractivity (Wildman–Crippen MR) is 121 cm³/mol. The van der Waals surface area contributed by atoms with E-state index in [1.807, 2.05) is 78.9 Å². The van der Waals surface area contributed by atoms with E-state index in [0.717, 1.165) is 21.2 Å². The zero-order valence-corrected chi connectivity index (χ0v) is 17.7. The first kappa shape index (κ1) is 20.6. The van der Waals surface area contributed by atoms with E-state index in [4.69, 9.17) is 9.47 Å². The number of carbonyl (C=O) groups excluding carboxylic acids is 1. The number of benzene rings is 3. The first-order valence-corrected chi connectivity index (χ1v) is 10.5. The number of ether oxygens (including phenoxy) is 2. The minimum Gasteiger partial charge on any atom is -0.497 e. The summed E-state index contributed by atoms with van der Waals surface area (Å²) in [6.45, 7) is 0.194. The van der Waals surface area contributed by atoms with Crippen LogP contribution in [0.5, 0.6) is 11.5 Å². The number of carbonyl (C=O) groups is 1. The van der Waals surface area contributed by atoms with Gasteiger partial charge in [0.15, 0.2) is 12.4 Å². The molecule has 4 rings (SSSR count). The summed E-state index contributed by atoms with van der Waals surface area (Å²) in [5.74, 6) is 1.18. The third kappa shape index (κ3) is 5.46. The van der Waals surface area contributed by atoms with Crippen molar-refractivity contribution < 1.29 is 14.3 Å². The van der Waals surface area contributed by atoms with Crippen LogP contribution in [0.3, 0.4) is 0 Å². The Morgan fingerprint density at radius 1 is 0.935 bits per heavy atom. The van der Waals surface area contributed by atoms with Gasteiger partial charge in [-0.05, 0) is 54.6 Å². The second-order valence-corrected chi connectivity index (χ2v) is 7.67. The van der Waals surface area contributed by atoms with Crippen molar-refractivity contribution in [3.63, 3.8) is 0 Å². The number of methoxy groups -OCH3 is 1. The van der Waals surface area contributed by atoms with E-state index >= 15 is 0 Å². The molecule has 0 atom stereocenters. The lowest BCUT2D eigenvalue weighted by Gasteiger charge is -2.10. The highest BCUT2D eigenvalue weighted by Gasteiger charge is 2.13. The quantitative estimate of drug-likeness (QED) is 0.408. The molecule has 0 aliphatic rings. The van der Waals surface area contributed by atoms with Gasteiger partial charge in [0, 0.05) is 16.0 Å². The van der Waals surface area contributed by atoms with Gasteiger partial charge in [0.2, 0.25) is 0 Å². The molecular weight excluding hydrogens is 410 g/mol. The van der Waals surface area contributed by atoms with Crippen LogP contribution in [0.15, 0.2) is 101 Å².